The molecule has 6 heteroatoms. The molecule has 1 atom stereocenters. The Balaban J connectivity index is 4.32. The zero-order chi connectivity index (χ0) is 42.6. The van der Waals surface area contributed by atoms with Crippen molar-refractivity contribution < 1.29 is 28.6 Å². The molecule has 344 valence electrons. The quantitative estimate of drug-likeness (QED) is 0.0346. The lowest BCUT2D eigenvalue weighted by molar-refractivity contribution is -0.167. The molecule has 0 saturated heterocycles. The molecule has 0 spiro atoms. The fourth-order valence-corrected chi connectivity index (χ4v) is 7.81. The number of hydrogen-bond donors (Lipinski definition) is 0. The van der Waals surface area contributed by atoms with Crippen molar-refractivity contribution in [3.8, 4) is 0 Å². The normalized spacial score (nSPS) is 12.1. The molecule has 0 radical (unpaired) electrons. The predicted octanol–water partition coefficient (Wildman–Crippen LogP) is 16.5. The van der Waals surface area contributed by atoms with Gasteiger partial charge < -0.3 is 14.2 Å². The Labute approximate surface area is 361 Å². The van der Waals surface area contributed by atoms with Crippen LogP contribution in [0.15, 0.2) is 0 Å². The molecule has 0 aliphatic rings. The van der Waals surface area contributed by atoms with Crippen LogP contribution in [0.4, 0.5) is 0 Å². The first-order chi connectivity index (χ1) is 28.2. The summed E-state index contributed by atoms with van der Waals surface area (Å²) in [6.07, 6.45) is 45.1. The summed E-state index contributed by atoms with van der Waals surface area (Å²) in [5.41, 5.74) is 0. The van der Waals surface area contributed by atoms with Crippen LogP contribution in [-0.4, -0.2) is 37.2 Å². The molecule has 0 aliphatic carbocycles. The summed E-state index contributed by atoms with van der Waals surface area (Å²) in [7, 11) is 0. The lowest BCUT2D eigenvalue weighted by atomic mass is 10.0. The summed E-state index contributed by atoms with van der Waals surface area (Å²) in [4.78, 5) is 37.9. The lowest BCUT2D eigenvalue weighted by Crippen LogP contribution is -2.30. The summed E-state index contributed by atoms with van der Waals surface area (Å²) < 4.78 is 16.8. The number of carbonyl (C=O) groups excluding carboxylic acids is 3. The first-order valence-corrected chi connectivity index (χ1v) is 25.7. The first kappa shape index (κ1) is 56.4. The molecule has 0 N–H and O–H groups in total. The van der Waals surface area contributed by atoms with Gasteiger partial charge in [-0.3, -0.25) is 14.4 Å². The average Bonchev–Trinajstić information content (AvgIpc) is 3.19. The van der Waals surface area contributed by atoms with Gasteiger partial charge in [0.05, 0.1) is 0 Å². The van der Waals surface area contributed by atoms with Crippen LogP contribution in [0, 0.1) is 11.8 Å². The Bertz CT molecular complexity index is 885. The number of carbonyl (C=O) groups is 3. The van der Waals surface area contributed by atoms with Crippen LogP contribution in [0.2, 0.25) is 0 Å². The first-order valence-electron chi connectivity index (χ1n) is 25.7. The van der Waals surface area contributed by atoms with E-state index in [0.29, 0.717) is 19.3 Å². The van der Waals surface area contributed by atoms with Gasteiger partial charge in [0, 0.05) is 19.3 Å². The lowest BCUT2D eigenvalue weighted by Gasteiger charge is -2.18. The van der Waals surface area contributed by atoms with Gasteiger partial charge in [-0.2, -0.15) is 0 Å². The van der Waals surface area contributed by atoms with Crippen LogP contribution in [0.3, 0.4) is 0 Å². The van der Waals surface area contributed by atoms with Gasteiger partial charge in [0.25, 0.3) is 0 Å². The summed E-state index contributed by atoms with van der Waals surface area (Å²) in [5.74, 6) is 0.792. The minimum Gasteiger partial charge on any atom is -0.462 e. The fraction of sp³-hybridized carbons (Fsp3) is 0.942. The highest BCUT2D eigenvalue weighted by Gasteiger charge is 2.19. The van der Waals surface area contributed by atoms with Crippen LogP contribution in [0.5, 0.6) is 0 Å². The highest BCUT2D eigenvalue weighted by atomic mass is 16.6. The van der Waals surface area contributed by atoms with Crippen molar-refractivity contribution in [3.63, 3.8) is 0 Å². The minimum absolute atomic E-state index is 0.0638. The average molecular weight is 821 g/mol. The molecular weight excluding hydrogens is 721 g/mol. The summed E-state index contributed by atoms with van der Waals surface area (Å²) in [5, 5.41) is 0. The van der Waals surface area contributed by atoms with E-state index >= 15 is 0 Å². The van der Waals surface area contributed by atoms with E-state index in [0.717, 1.165) is 69.6 Å². The second kappa shape index (κ2) is 44.9. The topological polar surface area (TPSA) is 78.9 Å². The SMILES string of the molecule is CCCCCCCCCCCCCCCC(=O)OC[C@H](COC(=O)CCCCCCCCCCCC(C)C)OC(=O)CCCCCCCCCCCCCCC(C)C. The monoisotopic (exact) mass is 821 g/mol. The van der Waals surface area contributed by atoms with E-state index in [4.69, 9.17) is 14.2 Å². The standard InChI is InChI=1S/C52H100O6/c1-6-7-8-9-10-11-12-13-17-22-27-32-37-42-50(53)56-45-49(46-57-51(54)43-38-33-28-24-19-21-26-31-36-41-48(4)5)58-52(55)44-39-34-29-23-18-15-14-16-20-25-30-35-40-47(2)3/h47-49H,6-46H2,1-5H3/t49-/m1/s1. The van der Waals surface area contributed by atoms with Crippen molar-refractivity contribution in [2.75, 3.05) is 13.2 Å². The fourth-order valence-electron chi connectivity index (χ4n) is 7.81. The zero-order valence-corrected chi connectivity index (χ0v) is 39.7. The second-order valence-corrected chi connectivity index (χ2v) is 18.8. The van der Waals surface area contributed by atoms with E-state index in [2.05, 4.69) is 34.6 Å². The maximum Gasteiger partial charge on any atom is 0.306 e. The third-order valence-electron chi connectivity index (χ3n) is 11.7. The molecule has 0 aliphatic heterocycles. The molecule has 0 aromatic rings. The van der Waals surface area contributed by atoms with Gasteiger partial charge in [0.1, 0.15) is 13.2 Å². The van der Waals surface area contributed by atoms with E-state index < -0.39 is 6.10 Å². The summed E-state index contributed by atoms with van der Waals surface area (Å²) >= 11 is 0. The molecule has 0 bridgehead atoms. The molecule has 0 amide bonds. The number of rotatable bonds is 46. The molecule has 58 heavy (non-hydrogen) atoms. The molecule has 0 rings (SSSR count). The van der Waals surface area contributed by atoms with Crippen LogP contribution < -0.4 is 0 Å². The second-order valence-electron chi connectivity index (χ2n) is 18.8. The van der Waals surface area contributed by atoms with Crippen molar-refractivity contribution in [1.82, 2.24) is 0 Å². The van der Waals surface area contributed by atoms with Gasteiger partial charge in [-0.15, -0.1) is 0 Å². The predicted molar refractivity (Wildman–Crippen MR) is 247 cm³/mol. The smallest absolute Gasteiger partial charge is 0.306 e. The van der Waals surface area contributed by atoms with E-state index in [1.807, 2.05) is 0 Å². The maximum atomic E-state index is 12.8. The number of esters is 3. The highest BCUT2D eigenvalue weighted by molar-refractivity contribution is 5.71. The summed E-state index contributed by atoms with van der Waals surface area (Å²) in [6, 6.07) is 0. The Morgan fingerprint density at radius 2 is 0.569 bits per heavy atom. The van der Waals surface area contributed by atoms with Gasteiger partial charge >= 0.3 is 17.9 Å². The molecule has 0 unspecified atom stereocenters. The van der Waals surface area contributed by atoms with E-state index in [1.54, 1.807) is 0 Å². The van der Waals surface area contributed by atoms with Gasteiger partial charge in [-0.25, -0.2) is 0 Å². The Morgan fingerprint density at radius 3 is 0.845 bits per heavy atom. The molecule has 6 nitrogen and oxygen atoms in total. The summed E-state index contributed by atoms with van der Waals surface area (Å²) in [6.45, 7) is 11.4. The third kappa shape index (κ3) is 45.5. The van der Waals surface area contributed by atoms with Crippen molar-refractivity contribution in [2.45, 2.75) is 291 Å². The van der Waals surface area contributed by atoms with Crippen LogP contribution in [0.25, 0.3) is 0 Å². The highest BCUT2D eigenvalue weighted by Crippen LogP contribution is 2.17. The maximum absolute atomic E-state index is 12.8. The minimum atomic E-state index is -0.761. The largest absolute Gasteiger partial charge is 0.462 e. The van der Waals surface area contributed by atoms with Crippen molar-refractivity contribution >= 4 is 17.9 Å². The number of hydrogen-bond acceptors (Lipinski definition) is 6. The van der Waals surface area contributed by atoms with Crippen LogP contribution >= 0.6 is 0 Å². The van der Waals surface area contributed by atoms with E-state index in [-0.39, 0.29) is 31.1 Å². The molecular formula is C52H100O6. The Hall–Kier alpha value is -1.59. The molecule has 0 aromatic carbocycles. The van der Waals surface area contributed by atoms with Gasteiger partial charge in [0.15, 0.2) is 6.10 Å². The van der Waals surface area contributed by atoms with Gasteiger partial charge in [-0.05, 0) is 31.1 Å². The van der Waals surface area contributed by atoms with Gasteiger partial charge in [-0.1, -0.05) is 247 Å². The number of ether oxygens (including phenoxy) is 3. The third-order valence-corrected chi connectivity index (χ3v) is 11.7. The molecule has 0 aromatic heterocycles. The van der Waals surface area contributed by atoms with Crippen molar-refractivity contribution in [3.05, 3.63) is 0 Å². The molecule has 0 fully saturated rings. The Morgan fingerprint density at radius 1 is 0.328 bits per heavy atom. The molecule has 0 heterocycles. The van der Waals surface area contributed by atoms with Crippen LogP contribution in [0.1, 0.15) is 285 Å². The van der Waals surface area contributed by atoms with Crippen molar-refractivity contribution in [1.29, 1.82) is 0 Å². The zero-order valence-electron chi connectivity index (χ0n) is 39.7. The molecule has 0 saturated carbocycles. The van der Waals surface area contributed by atoms with Gasteiger partial charge in [0.2, 0.25) is 0 Å². The number of unbranched alkanes of at least 4 members (excludes halogenated alkanes) is 31. The van der Waals surface area contributed by atoms with E-state index in [1.165, 1.54) is 173 Å². The van der Waals surface area contributed by atoms with Crippen LogP contribution in [-0.2, 0) is 28.6 Å². The van der Waals surface area contributed by atoms with E-state index in [9.17, 15) is 14.4 Å². The Kier molecular flexibility index (Phi) is 43.7. The van der Waals surface area contributed by atoms with Crippen molar-refractivity contribution in [2.24, 2.45) is 11.8 Å².